The van der Waals surface area contributed by atoms with Crippen LogP contribution in [0, 0.1) is 0 Å². The summed E-state index contributed by atoms with van der Waals surface area (Å²) < 4.78 is 0. The summed E-state index contributed by atoms with van der Waals surface area (Å²) >= 11 is 4.92. The summed E-state index contributed by atoms with van der Waals surface area (Å²) in [6.45, 7) is 1.38. The third kappa shape index (κ3) is 4.63. The highest BCUT2D eigenvalue weighted by Crippen LogP contribution is 2.16. The predicted octanol–water partition coefficient (Wildman–Crippen LogP) is 2.49. The molecule has 0 aliphatic heterocycles. The highest BCUT2D eigenvalue weighted by Gasteiger charge is 2.11. The van der Waals surface area contributed by atoms with Gasteiger partial charge < -0.3 is 10.8 Å². The molecule has 0 fully saturated rings. The van der Waals surface area contributed by atoms with Gasteiger partial charge in [0.15, 0.2) is 0 Å². The fourth-order valence-electron chi connectivity index (χ4n) is 2.23. The standard InChI is InChI=1S/C17H20N2OS/c1-19(11-13-5-3-2-4-6-13)12-16(20)14-7-9-15(10-8-14)17(18)21/h2-10,16,20H,11-12H2,1H3,(H2,18,21). The second-order valence-electron chi connectivity index (χ2n) is 5.18. The molecule has 1 atom stereocenters. The Morgan fingerprint density at radius 1 is 1.14 bits per heavy atom. The molecular weight excluding hydrogens is 280 g/mol. The first-order valence-electron chi connectivity index (χ1n) is 6.86. The molecule has 110 valence electrons. The van der Waals surface area contributed by atoms with E-state index >= 15 is 0 Å². The zero-order valence-corrected chi connectivity index (χ0v) is 12.9. The molecule has 2 aromatic carbocycles. The SMILES string of the molecule is CN(Cc1ccccc1)CC(O)c1ccc(C(N)=S)cc1. The highest BCUT2D eigenvalue weighted by molar-refractivity contribution is 7.80. The van der Waals surface area contributed by atoms with Crippen LogP contribution in [0.3, 0.4) is 0 Å². The molecule has 3 N–H and O–H groups in total. The van der Waals surface area contributed by atoms with Crippen molar-refractivity contribution in [3.05, 3.63) is 71.3 Å². The van der Waals surface area contributed by atoms with Gasteiger partial charge in [-0.05, 0) is 18.2 Å². The maximum Gasteiger partial charge on any atom is 0.103 e. The van der Waals surface area contributed by atoms with Crippen LogP contribution in [0.15, 0.2) is 54.6 Å². The fourth-order valence-corrected chi connectivity index (χ4v) is 2.37. The third-order valence-corrected chi connectivity index (χ3v) is 3.60. The molecule has 4 heteroatoms. The molecule has 0 aromatic heterocycles. The van der Waals surface area contributed by atoms with Crippen LogP contribution < -0.4 is 5.73 Å². The lowest BCUT2D eigenvalue weighted by Gasteiger charge is -2.21. The number of aliphatic hydroxyl groups is 1. The van der Waals surface area contributed by atoms with E-state index in [0.717, 1.165) is 17.7 Å². The van der Waals surface area contributed by atoms with E-state index in [1.165, 1.54) is 5.56 Å². The van der Waals surface area contributed by atoms with E-state index in [0.29, 0.717) is 11.5 Å². The smallest absolute Gasteiger partial charge is 0.103 e. The van der Waals surface area contributed by atoms with Crippen molar-refractivity contribution in [3.8, 4) is 0 Å². The maximum atomic E-state index is 10.3. The Bertz CT molecular complexity index is 583. The van der Waals surface area contributed by atoms with Gasteiger partial charge >= 0.3 is 0 Å². The minimum absolute atomic E-state index is 0.372. The Kier molecular flexibility index (Phi) is 5.44. The monoisotopic (exact) mass is 300 g/mol. The van der Waals surface area contributed by atoms with Gasteiger partial charge in [-0.2, -0.15) is 0 Å². The molecule has 2 aromatic rings. The number of thiocarbonyl (C=S) groups is 1. The summed E-state index contributed by atoms with van der Waals surface area (Å²) in [5, 5.41) is 10.3. The van der Waals surface area contributed by atoms with Gasteiger partial charge in [0.2, 0.25) is 0 Å². The molecule has 0 amide bonds. The van der Waals surface area contributed by atoms with Crippen LogP contribution >= 0.6 is 12.2 Å². The molecule has 0 heterocycles. The fraction of sp³-hybridized carbons (Fsp3) is 0.235. The van der Waals surface area contributed by atoms with Crippen LogP contribution in [0.5, 0.6) is 0 Å². The summed E-state index contributed by atoms with van der Waals surface area (Å²) in [5.74, 6) is 0. The van der Waals surface area contributed by atoms with Crippen molar-refractivity contribution in [2.45, 2.75) is 12.6 Å². The maximum absolute atomic E-state index is 10.3. The van der Waals surface area contributed by atoms with E-state index < -0.39 is 6.10 Å². The van der Waals surface area contributed by atoms with E-state index in [2.05, 4.69) is 17.0 Å². The molecule has 0 saturated carbocycles. The minimum atomic E-state index is -0.529. The Morgan fingerprint density at radius 3 is 2.33 bits per heavy atom. The van der Waals surface area contributed by atoms with Gasteiger partial charge in [-0.25, -0.2) is 0 Å². The molecule has 2 rings (SSSR count). The first-order chi connectivity index (χ1) is 10.1. The van der Waals surface area contributed by atoms with Gasteiger partial charge in [0.05, 0.1) is 6.10 Å². The minimum Gasteiger partial charge on any atom is -0.389 e. The van der Waals surface area contributed by atoms with Crippen LogP contribution in [0.2, 0.25) is 0 Å². The number of nitrogens with zero attached hydrogens (tertiary/aromatic N) is 1. The number of likely N-dealkylation sites (N-methyl/N-ethyl adjacent to an activating group) is 1. The normalized spacial score (nSPS) is 12.3. The second-order valence-corrected chi connectivity index (χ2v) is 5.62. The van der Waals surface area contributed by atoms with Crippen molar-refractivity contribution >= 4 is 17.2 Å². The van der Waals surface area contributed by atoms with Crippen LogP contribution in [0.25, 0.3) is 0 Å². The van der Waals surface area contributed by atoms with E-state index in [-0.39, 0.29) is 0 Å². The zero-order chi connectivity index (χ0) is 15.2. The number of hydrogen-bond acceptors (Lipinski definition) is 3. The summed E-state index contributed by atoms with van der Waals surface area (Å²) in [7, 11) is 2.00. The molecule has 0 radical (unpaired) electrons. The lowest BCUT2D eigenvalue weighted by atomic mass is 10.1. The largest absolute Gasteiger partial charge is 0.389 e. The zero-order valence-electron chi connectivity index (χ0n) is 12.1. The number of aliphatic hydroxyl groups excluding tert-OH is 1. The van der Waals surface area contributed by atoms with Crippen molar-refractivity contribution in [3.63, 3.8) is 0 Å². The van der Waals surface area contributed by atoms with Gasteiger partial charge in [-0.3, -0.25) is 4.90 Å². The first kappa shape index (κ1) is 15.6. The molecule has 21 heavy (non-hydrogen) atoms. The van der Waals surface area contributed by atoms with Crippen LogP contribution in [-0.2, 0) is 6.54 Å². The van der Waals surface area contributed by atoms with Gasteiger partial charge in [-0.1, -0.05) is 66.8 Å². The van der Waals surface area contributed by atoms with Crippen molar-refractivity contribution < 1.29 is 5.11 Å². The highest BCUT2D eigenvalue weighted by atomic mass is 32.1. The molecule has 3 nitrogen and oxygen atoms in total. The molecule has 0 aliphatic rings. The lowest BCUT2D eigenvalue weighted by Crippen LogP contribution is -2.24. The Labute approximate surface area is 131 Å². The van der Waals surface area contributed by atoms with Crippen molar-refractivity contribution in [2.24, 2.45) is 5.73 Å². The average Bonchev–Trinajstić information content (AvgIpc) is 2.48. The van der Waals surface area contributed by atoms with E-state index in [9.17, 15) is 5.11 Å². The lowest BCUT2D eigenvalue weighted by molar-refractivity contribution is 0.124. The van der Waals surface area contributed by atoms with Crippen molar-refractivity contribution in [1.29, 1.82) is 0 Å². The molecule has 0 saturated heterocycles. The number of hydrogen-bond donors (Lipinski definition) is 2. The van der Waals surface area contributed by atoms with E-state index in [1.54, 1.807) is 0 Å². The summed E-state index contributed by atoms with van der Waals surface area (Å²) in [4.78, 5) is 2.47. The molecule has 0 aliphatic carbocycles. The van der Waals surface area contributed by atoms with Gasteiger partial charge in [0.1, 0.15) is 4.99 Å². The number of rotatable bonds is 6. The summed E-state index contributed by atoms with van der Waals surface area (Å²) in [6, 6.07) is 17.6. The average molecular weight is 300 g/mol. The summed E-state index contributed by atoms with van der Waals surface area (Å²) in [6.07, 6.45) is -0.529. The molecular formula is C17H20N2OS. The quantitative estimate of drug-likeness (QED) is 0.805. The molecule has 0 spiro atoms. The topological polar surface area (TPSA) is 49.5 Å². The van der Waals surface area contributed by atoms with Crippen LogP contribution in [-0.4, -0.2) is 28.6 Å². The Balaban J connectivity index is 1.94. The number of benzene rings is 2. The van der Waals surface area contributed by atoms with E-state index in [4.69, 9.17) is 18.0 Å². The van der Waals surface area contributed by atoms with Crippen molar-refractivity contribution in [2.75, 3.05) is 13.6 Å². The van der Waals surface area contributed by atoms with Gasteiger partial charge in [0, 0.05) is 18.7 Å². The molecule has 0 bridgehead atoms. The van der Waals surface area contributed by atoms with Crippen LogP contribution in [0.1, 0.15) is 22.8 Å². The number of nitrogens with two attached hydrogens (primary N) is 1. The Morgan fingerprint density at radius 2 is 1.76 bits per heavy atom. The van der Waals surface area contributed by atoms with Crippen LogP contribution in [0.4, 0.5) is 0 Å². The summed E-state index contributed by atoms with van der Waals surface area (Å²) in [5.41, 5.74) is 8.49. The Hall–Kier alpha value is -1.75. The first-order valence-corrected chi connectivity index (χ1v) is 7.27. The van der Waals surface area contributed by atoms with Gasteiger partial charge in [0.25, 0.3) is 0 Å². The third-order valence-electron chi connectivity index (χ3n) is 3.36. The van der Waals surface area contributed by atoms with E-state index in [1.807, 2.05) is 49.5 Å². The van der Waals surface area contributed by atoms with Crippen molar-refractivity contribution in [1.82, 2.24) is 4.90 Å². The molecule has 1 unspecified atom stereocenters. The van der Waals surface area contributed by atoms with Gasteiger partial charge in [-0.15, -0.1) is 0 Å². The predicted molar refractivity (Wildman–Crippen MR) is 90.1 cm³/mol. The second kappa shape index (κ2) is 7.31.